The van der Waals surface area contributed by atoms with E-state index in [0.717, 1.165) is 17.2 Å². The monoisotopic (exact) mass is 1530 g/mol. The van der Waals surface area contributed by atoms with Gasteiger partial charge >= 0.3 is 12.0 Å². The third kappa shape index (κ3) is 13.1. The Bertz CT molecular complexity index is 4550. The summed E-state index contributed by atoms with van der Waals surface area (Å²) in [6.45, 7) is 7.83. The fourth-order valence-electron chi connectivity index (χ4n) is 11.5. The smallest absolute Gasteiger partial charge is 0.319 e. The summed E-state index contributed by atoms with van der Waals surface area (Å²) >= 11 is 18.5. The van der Waals surface area contributed by atoms with Gasteiger partial charge in [-0.15, -0.1) is 0 Å². The molecule has 0 bridgehead atoms. The predicted molar refractivity (Wildman–Crippen MR) is 356 cm³/mol. The standard InChI is InChI=1S/2C27H23ClFN5O5.C7H4BrFO2.C6H4BrFO2/c2*1-13(2)33-22-20(31-24(33)17-11-30-27(37-4)32-25(17)36-3)26(35)34(21(22)14-5-7-15(28)8-6-14)16-9-18(29)23-19(10-16)38-12-39-23;8-4-1-5(9)7-6(2-4)10-3-11-7;7-3-1-4(8)6(10)5(9)2-3/h2*5-11,13,21H,12H2,1-4H3;1-2H,3H2;1-2,9-10H. The maximum absolute atomic E-state index is 15.0. The SMILES string of the molecule is COc1ncc(-c2nc3c(n2C(C)C)C(c2ccc(Cl)cc2)N(c2cc(F)c4c(c2)OCO4)C3=O)c(OC)n1.COc1ncc(-c2nc3c(n2C(C)C)C(c2ccc(Cl)cc2)N(c2cc(F)c4c(c2)OCO4)C3=O)c(OC)n1.Fc1cc(Br)cc2c1OCO2.Oc1cc(Br)cc(F)c1O. The minimum atomic E-state index is -0.841. The number of carbonyl (C=O) groups is 2. The van der Waals surface area contributed by atoms with Crippen LogP contribution in [0.15, 0.2) is 118 Å². The summed E-state index contributed by atoms with van der Waals surface area (Å²) < 4.78 is 113. The van der Waals surface area contributed by atoms with Crippen LogP contribution in [-0.4, -0.2) is 110 Å². The molecule has 0 saturated heterocycles. The van der Waals surface area contributed by atoms with Crippen molar-refractivity contribution in [2.75, 3.05) is 58.6 Å². The van der Waals surface area contributed by atoms with E-state index in [1.807, 2.05) is 61.1 Å². The zero-order chi connectivity index (χ0) is 70.4. The van der Waals surface area contributed by atoms with Crippen molar-refractivity contribution in [2.45, 2.75) is 51.9 Å². The Hall–Kier alpha value is -10.3. The molecule has 9 heterocycles. The topological polar surface area (TPSA) is 261 Å². The Balaban J connectivity index is 0.000000145. The first-order chi connectivity index (χ1) is 47.5. The van der Waals surface area contributed by atoms with Crippen molar-refractivity contribution < 1.29 is 84.7 Å². The number of fused-ring (bicyclic) bond motifs is 5. The Morgan fingerprint density at radius 2 is 0.879 bits per heavy atom. The molecule has 24 nitrogen and oxygen atoms in total. The van der Waals surface area contributed by atoms with E-state index in [1.54, 1.807) is 54.9 Å². The van der Waals surface area contributed by atoms with Gasteiger partial charge in [-0.2, -0.15) is 9.97 Å². The zero-order valence-electron chi connectivity index (χ0n) is 53.1. The number of hydrogen-bond donors (Lipinski definition) is 2. The largest absolute Gasteiger partial charge is 0.504 e. The summed E-state index contributed by atoms with van der Waals surface area (Å²) in [6, 6.07) is 24.0. The highest BCUT2D eigenvalue weighted by Crippen LogP contribution is 2.51. The van der Waals surface area contributed by atoms with Crippen molar-refractivity contribution in [3.8, 4) is 92.6 Å². The molecule has 5 aliphatic heterocycles. The van der Waals surface area contributed by atoms with Crippen molar-refractivity contribution in [3.05, 3.63) is 186 Å². The second-order valence-corrected chi connectivity index (χ2v) is 25.0. The lowest BCUT2D eigenvalue weighted by atomic mass is 10.0. The maximum atomic E-state index is 15.0. The average Bonchev–Trinajstić information content (AvgIpc) is 1.57. The number of nitrogens with zero attached hydrogens (tertiary/aromatic N) is 10. The number of phenols is 2. The lowest BCUT2D eigenvalue weighted by Gasteiger charge is -2.28. The normalized spacial score (nSPS) is 14.9. The summed E-state index contributed by atoms with van der Waals surface area (Å²) in [5, 5.41) is 18.5. The minimum Gasteiger partial charge on any atom is -0.504 e. The number of phenolic OH excluding ortho intramolecular Hbond substituents is 2. The molecule has 0 aliphatic carbocycles. The molecule has 32 heteroatoms. The molecule has 10 aromatic rings. The molecule has 0 fully saturated rings. The van der Waals surface area contributed by atoms with Crippen LogP contribution in [0.2, 0.25) is 10.0 Å². The molecule has 0 spiro atoms. The van der Waals surface area contributed by atoms with E-state index in [1.165, 1.54) is 62.5 Å². The quantitative estimate of drug-likeness (QED) is 0.0850. The van der Waals surface area contributed by atoms with Crippen LogP contribution in [0.25, 0.3) is 22.8 Å². The number of ether oxygens (including phenoxy) is 10. The lowest BCUT2D eigenvalue weighted by molar-refractivity contribution is 0.0981. The van der Waals surface area contributed by atoms with Crippen LogP contribution < -0.4 is 57.2 Å². The first kappa shape index (κ1) is 68.6. The van der Waals surface area contributed by atoms with Gasteiger partial charge in [0.15, 0.2) is 63.4 Å². The summed E-state index contributed by atoms with van der Waals surface area (Å²) in [6.07, 6.45) is 3.10. The van der Waals surface area contributed by atoms with E-state index in [2.05, 4.69) is 51.8 Å². The van der Waals surface area contributed by atoms with Gasteiger partial charge in [0.1, 0.15) is 23.7 Å². The molecular formula is C67H54Br2Cl2F4N10O14. The number of rotatable bonds is 12. The van der Waals surface area contributed by atoms with Gasteiger partial charge in [0.05, 0.1) is 62.3 Å². The maximum Gasteiger partial charge on any atom is 0.319 e. The summed E-state index contributed by atoms with van der Waals surface area (Å²) in [5.41, 5.74) is 4.81. The molecule has 2 unspecified atom stereocenters. The highest BCUT2D eigenvalue weighted by atomic mass is 79.9. The molecule has 15 rings (SSSR count). The van der Waals surface area contributed by atoms with Crippen LogP contribution in [0, 0.1) is 23.3 Å². The van der Waals surface area contributed by atoms with E-state index in [0.29, 0.717) is 70.3 Å². The van der Waals surface area contributed by atoms with Crippen molar-refractivity contribution in [1.29, 1.82) is 0 Å². The first-order valence-corrected chi connectivity index (χ1v) is 32.0. The number of carbonyl (C=O) groups excluding carboxylic acids is 2. The number of imidazole rings is 2. The molecule has 5 aliphatic rings. The van der Waals surface area contributed by atoms with E-state index < -0.39 is 58.7 Å². The molecule has 0 radical (unpaired) electrons. The Morgan fingerprint density at radius 3 is 1.25 bits per heavy atom. The molecule has 99 heavy (non-hydrogen) atoms. The first-order valence-electron chi connectivity index (χ1n) is 29.7. The molecule has 2 atom stereocenters. The van der Waals surface area contributed by atoms with Crippen LogP contribution in [0.5, 0.6) is 69.8 Å². The van der Waals surface area contributed by atoms with Crippen molar-refractivity contribution >= 4 is 78.3 Å². The number of aromatic hydroxyl groups is 2. The predicted octanol–water partition coefficient (Wildman–Crippen LogP) is 14.7. The minimum absolute atomic E-state index is 0.0182. The van der Waals surface area contributed by atoms with Crippen molar-refractivity contribution in [3.63, 3.8) is 0 Å². The van der Waals surface area contributed by atoms with Crippen molar-refractivity contribution in [1.82, 2.24) is 39.0 Å². The summed E-state index contributed by atoms with van der Waals surface area (Å²) in [5.74, 6) is -1.93. The number of hydrogen-bond acceptors (Lipinski definition) is 20. The fourth-order valence-corrected chi connectivity index (χ4v) is 12.6. The van der Waals surface area contributed by atoms with Gasteiger partial charge < -0.3 is 66.7 Å². The molecule has 6 aromatic carbocycles. The van der Waals surface area contributed by atoms with Gasteiger partial charge in [-0.3, -0.25) is 19.4 Å². The van der Waals surface area contributed by atoms with E-state index in [4.69, 9.17) is 90.8 Å². The number of anilines is 2. The molecule has 0 saturated carbocycles. The summed E-state index contributed by atoms with van der Waals surface area (Å²) in [4.78, 5) is 57.8. The molecular weight excluding hydrogens is 1480 g/mol. The summed E-state index contributed by atoms with van der Waals surface area (Å²) in [7, 11) is 5.89. The van der Waals surface area contributed by atoms with Gasteiger partial charge in [-0.25, -0.2) is 37.5 Å². The highest BCUT2D eigenvalue weighted by molar-refractivity contribution is 9.10. The fraction of sp³-hybridized carbons (Fsp3) is 0.224. The van der Waals surface area contributed by atoms with Gasteiger partial charge in [0, 0.05) is 67.7 Å². The number of halogens is 8. The molecule has 2 N–H and O–H groups in total. The van der Waals surface area contributed by atoms with Crippen LogP contribution in [0.4, 0.5) is 28.9 Å². The van der Waals surface area contributed by atoms with Crippen LogP contribution >= 0.6 is 55.1 Å². The number of benzene rings is 6. The second kappa shape index (κ2) is 28.3. The van der Waals surface area contributed by atoms with E-state index in [-0.39, 0.29) is 96.4 Å². The van der Waals surface area contributed by atoms with E-state index in [9.17, 15) is 27.2 Å². The van der Waals surface area contributed by atoms with Gasteiger partial charge in [-0.05, 0) is 87.4 Å². The molecule has 4 aromatic heterocycles. The average molecular weight is 1530 g/mol. The molecule has 512 valence electrons. The Labute approximate surface area is 587 Å². The third-order valence-electron chi connectivity index (χ3n) is 15.7. The van der Waals surface area contributed by atoms with Gasteiger partial charge in [0.25, 0.3) is 11.8 Å². The van der Waals surface area contributed by atoms with Crippen molar-refractivity contribution in [2.24, 2.45) is 0 Å². The number of methoxy groups -OCH3 is 4. The number of aromatic nitrogens is 8. The number of amides is 2. The van der Waals surface area contributed by atoms with Crippen LogP contribution in [0.3, 0.4) is 0 Å². The van der Waals surface area contributed by atoms with Gasteiger partial charge in [-0.1, -0.05) is 79.3 Å². The molecule has 2 amide bonds. The van der Waals surface area contributed by atoms with Crippen LogP contribution in [-0.2, 0) is 0 Å². The second-order valence-electron chi connectivity index (χ2n) is 22.3. The highest BCUT2D eigenvalue weighted by Gasteiger charge is 2.48. The van der Waals surface area contributed by atoms with Gasteiger partial charge in [0.2, 0.25) is 49.4 Å². The zero-order valence-corrected chi connectivity index (χ0v) is 57.8. The van der Waals surface area contributed by atoms with Crippen LogP contribution in [0.1, 0.15) is 95.4 Å². The van der Waals surface area contributed by atoms with E-state index >= 15 is 0 Å². The Morgan fingerprint density at radius 1 is 0.505 bits per heavy atom. The third-order valence-corrected chi connectivity index (χ3v) is 17.1. The lowest BCUT2D eigenvalue weighted by Crippen LogP contribution is -2.30. The Kier molecular flexibility index (Phi) is 19.6.